The summed E-state index contributed by atoms with van der Waals surface area (Å²) in [5, 5.41) is 23.4. The van der Waals surface area contributed by atoms with Crippen molar-refractivity contribution in [3.63, 3.8) is 0 Å². The summed E-state index contributed by atoms with van der Waals surface area (Å²) < 4.78 is 5.50. The molecule has 0 saturated carbocycles. The summed E-state index contributed by atoms with van der Waals surface area (Å²) >= 11 is 0. The Morgan fingerprint density at radius 1 is 0.354 bits per heavy atom. The third-order valence-electron chi connectivity index (χ3n) is 17.0. The summed E-state index contributed by atoms with van der Waals surface area (Å²) in [7, 11) is 0. The molecular weight excluding hydrogens is 971 g/mol. The molecule has 2 unspecified atom stereocenters. The maximum Gasteiger partial charge on any atom is 0.305 e. The first-order valence-electron chi connectivity index (χ1n) is 36.1. The van der Waals surface area contributed by atoms with E-state index >= 15 is 0 Å². The van der Waals surface area contributed by atoms with Crippen molar-refractivity contribution in [3.05, 3.63) is 24.3 Å². The van der Waals surface area contributed by atoms with E-state index in [2.05, 4.69) is 43.5 Å². The molecular formula is C73H141NO5. The molecule has 0 aliphatic carbocycles. The van der Waals surface area contributed by atoms with E-state index in [9.17, 15) is 19.8 Å². The number of carbonyl (C=O) groups is 2. The van der Waals surface area contributed by atoms with Crippen LogP contribution in [0.2, 0.25) is 0 Å². The van der Waals surface area contributed by atoms with Crippen LogP contribution in [0.5, 0.6) is 0 Å². The Morgan fingerprint density at radius 2 is 0.633 bits per heavy atom. The second-order valence-corrected chi connectivity index (χ2v) is 24.9. The Balaban J connectivity index is 3.42. The number of rotatable bonds is 68. The fourth-order valence-electron chi connectivity index (χ4n) is 11.5. The lowest BCUT2D eigenvalue weighted by molar-refractivity contribution is -0.143. The first-order valence-corrected chi connectivity index (χ1v) is 36.1. The molecule has 0 radical (unpaired) electrons. The zero-order chi connectivity index (χ0) is 57.1. The first kappa shape index (κ1) is 77.3. The molecule has 0 heterocycles. The molecule has 0 aliphatic rings. The van der Waals surface area contributed by atoms with E-state index in [4.69, 9.17) is 4.74 Å². The quantitative estimate of drug-likeness (QED) is 0.0320. The van der Waals surface area contributed by atoms with Crippen molar-refractivity contribution in [3.8, 4) is 0 Å². The van der Waals surface area contributed by atoms with Crippen molar-refractivity contribution in [2.75, 3.05) is 13.2 Å². The minimum absolute atomic E-state index is 0.0125. The van der Waals surface area contributed by atoms with Gasteiger partial charge in [-0.05, 0) is 57.8 Å². The normalized spacial score (nSPS) is 12.6. The minimum atomic E-state index is -0.672. The van der Waals surface area contributed by atoms with Gasteiger partial charge < -0.3 is 20.3 Å². The van der Waals surface area contributed by atoms with Crippen molar-refractivity contribution >= 4 is 11.9 Å². The molecule has 2 atom stereocenters. The van der Waals surface area contributed by atoms with E-state index in [-0.39, 0.29) is 18.5 Å². The number of carbonyl (C=O) groups excluding carboxylic acids is 2. The molecule has 0 aromatic heterocycles. The predicted octanol–water partition coefficient (Wildman–Crippen LogP) is 23.3. The number of nitrogens with one attached hydrogen (secondary N) is 1. The fourth-order valence-corrected chi connectivity index (χ4v) is 11.5. The highest BCUT2D eigenvalue weighted by molar-refractivity contribution is 5.76. The van der Waals surface area contributed by atoms with Crippen LogP contribution in [0.4, 0.5) is 0 Å². The third kappa shape index (κ3) is 65.4. The molecule has 0 aliphatic heterocycles. The summed E-state index contributed by atoms with van der Waals surface area (Å²) in [6, 6.07) is -0.550. The zero-order valence-corrected chi connectivity index (χ0v) is 53.6. The van der Waals surface area contributed by atoms with Crippen molar-refractivity contribution < 1.29 is 24.5 Å². The molecule has 6 heteroatoms. The van der Waals surface area contributed by atoms with Crippen molar-refractivity contribution in [2.45, 2.75) is 418 Å². The highest BCUT2D eigenvalue weighted by atomic mass is 16.5. The topological polar surface area (TPSA) is 95.9 Å². The Labute approximate surface area is 494 Å². The number of unbranched alkanes of at least 4 members (excludes halogenated alkanes) is 53. The van der Waals surface area contributed by atoms with Gasteiger partial charge in [0.1, 0.15) is 0 Å². The molecule has 0 rings (SSSR count). The molecule has 0 saturated heterocycles. The molecule has 468 valence electrons. The van der Waals surface area contributed by atoms with Gasteiger partial charge in [-0.3, -0.25) is 9.59 Å². The van der Waals surface area contributed by atoms with E-state index in [1.54, 1.807) is 0 Å². The van der Waals surface area contributed by atoms with Crippen LogP contribution in [0.15, 0.2) is 24.3 Å². The molecule has 0 aromatic rings. The standard InChI is InChI=1S/C73H141NO5/c1-3-5-7-9-11-13-15-17-19-21-23-27-30-33-37-41-45-49-53-57-61-65-71(76)70(69-75)74-72(77)66-62-58-54-50-46-42-38-34-31-28-25-24-26-29-32-36-40-44-48-52-56-60-64-68-79-73(78)67-63-59-55-51-47-43-39-35-22-20-18-16-14-12-10-8-6-4-2/h24,26,28,31,70-71,75-76H,3-23,25,27,29-30,32-69H2,1-2H3,(H,74,77)/b26-24-,31-28-. The van der Waals surface area contributed by atoms with Crippen molar-refractivity contribution in [1.29, 1.82) is 0 Å². The fraction of sp³-hybridized carbons (Fsp3) is 0.918. The van der Waals surface area contributed by atoms with Crippen LogP contribution in [0.3, 0.4) is 0 Å². The largest absolute Gasteiger partial charge is 0.466 e. The number of esters is 1. The predicted molar refractivity (Wildman–Crippen MR) is 347 cm³/mol. The molecule has 0 fully saturated rings. The molecule has 79 heavy (non-hydrogen) atoms. The second-order valence-electron chi connectivity index (χ2n) is 24.9. The summed E-state index contributed by atoms with van der Waals surface area (Å²) in [4.78, 5) is 24.7. The van der Waals surface area contributed by atoms with Crippen LogP contribution in [-0.2, 0) is 14.3 Å². The van der Waals surface area contributed by atoms with Crippen molar-refractivity contribution in [1.82, 2.24) is 5.32 Å². The Hall–Kier alpha value is -1.66. The van der Waals surface area contributed by atoms with Gasteiger partial charge in [-0.15, -0.1) is 0 Å². The zero-order valence-electron chi connectivity index (χ0n) is 53.6. The van der Waals surface area contributed by atoms with Crippen LogP contribution < -0.4 is 5.32 Å². The van der Waals surface area contributed by atoms with Gasteiger partial charge in [0.25, 0.3) is 0 Å². The Morgan fingerprint density at radius 3 is 0.962 bits per heavy atom. The summed E-state index contributed by atoms with van der Waals surface area (Å²) in [5.74, 6) is -0.0286. The molecule has 6 nitrogen and oxygen atoms in total. The average molecular weight is 1110 g/mol. The van der Waals surface area contributed by atoms with Crippen LogP contribution in [0.25, 0.3) is 0 Å². The minimum Gasteiger partial charge on any atom is -0.466 e. The summed E-state index contributed by atoms with van der Waals surface area (Å²) in [6.07, 6.45) is 86.5. The van der Waals surface area contributed by atoms with Gasteiger partial charge in [0.2, 0.25) is 5.91 Å². The molecule has 0 spiro atoms. The van der Waals surface area contributed by atoms with Crippen LogP contribution >= 0.6 is 0 Å². The van der Waals surface area contributed by atoms with Gasteiger partial charge in [0.05, 0.1) is 25.4 Å². The number of hydrogen-bond donors (Lipinski definition) is 3. The van der Waals surface area contributed by atoms with E-state index < -0.39 is 12.1 Å². The van der Waals surface area contributed by atoms with E-state index in [1.807, 2.05) is 0 Å². The van der Waals surface area contributed by atoms with E-state index in [1.165, 1.54) is 327 Å². The molecule has 0 bridgehead atoms. The summed E-state index contributed by atoms with van der Waals surface area (Å²) in [6.45, 7) is 4.99. The third-order valence-corrected chi connectivity index (χ3v) is 17.0. The van der Waals surface area contributed by atoms with Gasteiger partial charge >= 0.3 is 5.97 Å². The van der Waals surface area contributed by atoms with Gasteiger partial charge in [0, 0.05) is 12.8 Å². The van der Waals surface area contributed by atoms with Crippen LogP contribution in [0.1, 0.15) is 406 Å². The molecule has 0 aromatic carbocycles. The number of hydrogen-bond acceptors (Lipinski definition) is 5. The maximum absolute atomic E-state index is 12.5. The van der Waals surface area contributed by atoms with E-state index in [0.717, 1.165) is 44.9 Å². The Bertz CT molecular complexity index is 1230. The van der Waals surface area contributed by atoms with Crippen molar-refractivity contribution in [2.24, 2.45) is 0 Å². The number of ether oxygens (including phenoxy) is 1. The Kier molecular flexibility index (Phi) is 67.4. The lowest BCUT2D eigenvalue weighted by atomic mass is 10.0. The first-order chi connectivity index (χ1) is 39.0. The number of aliphatic hydroxyl groups is 2. The van der Waals surface area contributed by atoms with Gasteiger partial charge in [-0.2, -0.15) is 0 Å². The molecule has 3 N–H and O–H groups in total. The smallest absolute Gasteiger partial charge is 0.305 e. The highest BCUT2D eigenvalue weighted by Gasteiger charge is 2.20. The van der Waals surface area contributed by atoms with Crippen LogP contribution in [-0.4, -0.2) is 47.4 Å². The molecule has 1 amide bonds. The number of aliphatic hydroxyl groups excluding tert-OH is 2. The highest BCUT2D eigenvalue weighted by Crippen LogP contribution is 2.19. The SMILES string of the molecule is CCCCCCCCCCCCCCCCCCCCCCCC(O)C(CO)NC(=O)CCCCCCCCC/C=C\C/C=C\CCCCCCCCCCCOC(=O)CCCCCCCCCCCCCCCCCCCC. The second kappa shape index (κ2) is 68.8. The lowest BCUT2D eigenvalue weighted by Crippen LogP contribution is -2.45. The van der Waals surface area contributed by atoms with Crippen LogP contribution in [0, 0.1) is 0 Å². The van der Waals surface area contributed by atoms with Gasteiger partial charge in [-0.1, -0.05) is 359 Å². The van der Waals surface area contributed by atoms with Gasteiger partial charge in [-0.25, -0.2) is 0 Å². The average Bonchev–Trinajstić information content (AvgIpc) is 3.45. The monoisotopic (exact) mass is 1110 g/mol. The maximum atomic E-state index is 12.5. The number of amides is 1. The lowest BCUT2D eigenvalue weighted by Gasteiger charge is -2.22. The number of allylic oxidation sites excluding steroid dienone is 4. The van der Waals surface area contributed by atoms with E-state index in [0.29, 0.717) is 25.9 Å². The van der Waals surface area contributed by atoms with Gasteiger partial charge in [0.15, 0.2) is 0 Å². The summed E-state index contributed by atoms with van der Waals surface area (Å²) in [5.41, 5.74) is 0.